The van der Waals surface area contributed by atoms with Crippen LogP contribution in [-0.4, -0.2) is 20.6 Å². The van der Waals surface area contributed by atoms with Gasteiger partial charge in [-0.1, -0.05) is 24.3 Å². The fourth-order valence-corrected chi connectivity index (χ4v) is 3.71. The van der Waals surface area contributed by atoms with Crippen molar-refractivity contribution < 1.29 is 5.11 Å². The number of fused-ring (bicyclic) bond motifs is 2. The van der Waals surface area contributed by atoms with Gasteiger partial charge in [-0.05, 0) is 43.0 Å². The minimum atomic E-state index is -0.440. The van der Waals surface area contributed by atoms with Gasteiger partial charge in [0.1, 0.15) is 0 Å². The van der Waals surface area contributed by atoms with Gasteiger partial charge in [-0.25, -0.2) is 4.98 Å². The molecule has 3 aromatic rings. The van der Waals surface area contributed by atoms with Gasteiger partial charge in [0, 0.05) is 6.20 Å². The summed E-state index contributed by atoms with van der Waals surface area (Å²) in [4.78, 5) is 4.65. The van der Waals surface area contributed by atoms with Gasteiger partial charge >= 0.3 is 0 Å². The van der Waals surface area contributed by atoms with Crippen LogP contribution in [0.5, 0.6) is 0 Å². The lowest BCUT2D eigenvalue weighted by Gasteiger charge is -2.31. The topological polar surface area (TPSA) is 73.3 Å². The molecule has 0 saturated carbocycles. The molecule has 1 aromatic carbocycles. The van der Waals surface area contributed by atoms with E-state index in [2.05, 4.69) is 28.5 Å². The predicted molar refractivity (Wildman–Crippen MR) is 96.4 cm³/mol. The molecule has 2 N–H and O–H groups in total. The van der Waals surface area contributed by atoms with E-state index in [1.165, 1.54) is 5.56 Å². The van der Waals surface area contributed by atoms with Crippen molar-refractivity contribution >= 4 is 11.3 Å². The summed E-state index contributed by atoms with van der Waals surface area (Å²) in [6, 6.07) is 14.2. The lowest BCUT2D eigenvalue weighted by atomic mass is 9.85. The molecule has 1 aliphatic carbocycles. The third-order valence-electron chi connectivity index (χ3n) is 4.99. The minimum Gasteiger partial charge on any atom is -0.391 e. The first kappa shape index (κ1) is 15.7. The smallest absolute Gasteiger partial charge is 0.160 e. The van der Waals surface area contributed by atoms with Crippen LogP contribution < -0.4 is 5.32 Å². The first-order valence-corrected chi connectivity index (χ1v) is 8.55. The number of hydrogen-bond donors (Lipinski definition) is 2. The monoisotopic (exact) mass is 332 g/mol. The number of aliphatic hydroxyl groups is 1. The molecule has 0 bridgehead atoms. The minimum absolute atomic E-state index is 0.160. The number of rotatable bonds is 3. The summed E-state index contributed by atoms with van der Waals surface area (Å²) in [6.45, 7) is 1.92. The van der Waals surface area contributed by atoms with Crippen LogP contribution in [0.3, 0.4) is 0 Å². The van der Waals surface area contributed by atoms with Crippen molar-refractivity contribution in [3.8, 4) is 6.07 Å². The van der Waals surface area contributed by atoms with Crippen molar-refractivity contribution in [3.05, 3.63) is 65.1 Å². The van der Waals surface area contributed by atoms with Crippen molar-refractivity contribution in [2.45, 2.75) is 38.3 Å². The van der Waals surface area contributed by atoms with Crippen molar-refractivity contribution in [3.63, 3.8) is 0 Å². The second-order valence-electron chi connectivity index (χ2n) is 6.52. The molecule has 5 heteroatoms. The Morgan fingerprint density at radius 1 is 1.32 bits per heavy atom. The Bertz CT molecular complexity index is 969. The van der Waals surface area contributed by atoms with Crippen LogP contribution in [0.25, 0.3) is 5.65 Å². The third-order valence-corrected chi connectivity index (χ3v) is 4.99. The lowest BCUT2D eigenvalue weighted by molar-refractivity contribution is 0.135. The second-order valence-corrected chi connectivity index (χ2v) is 6.52. The van der Waals surface area contributed by atoms with E-state index in [4.69, 9.17) is 5.26 Å². The fraction of sp³-hybridized carbons (Fsp3) is 0.300. The molecule has 0 amide bonds. The number of anilines is 1. The number of aryl methyl sites for hydroxylation is 2. The molecule has 0 fully saturated rings. The predicted octanol–water partition coefficient (Wildman–Crippen LogP) is 3.17. The molecule has 0 radical (unpaired) electrons. The van der Waals surface area contributed by atoms with Gasteiger partial charge in [0.2, 0.25) is 0 Å². The van der Waals surface area contributed by atoms with Gasteiger partial charge in [0.25, 0.3) is 0 Å². The van der Waals surface area contributed by atoms with Crippen LogP contribution in [0.4, 0.5) is 5.69 Å². The van der Waals surface area contributed by atoms with E-state index in [1.807, 2.05) is 41.8 Å². The molecule has 2 heterocycles. The highest BCUT2D eigenvalue weighted by Crippen LogP contribution is 2.34. The van der Waals surface area contributed by atoms with Crippen LogP contribution in [0.15, 0.2) is 42.6 Å². The SMILES string of the molecule is Cc1nc2c(NC3c4ccccc4CCC3O)cccn2c1CC#N. The fourth-order valence-electron chi connectivity index (χ4n) is 3.71. The molecule has 2 unspecified atom stereocenters. The number of nitriles is 1. The molecule has 2 atom stereocenters. The van der Waals surface area contributed by atoms with Gasteiger partial charge in [-0.3, -0.25) is 0 Å². The van der Waals surface area contributed by atoms with Gasteiger partial charge in [0.15, 0.2) is 5.65 Å². The van der Waals surface area contributed by atoms with E-state index in [9.17, 15) is 5.11 Å². The van der Waals surface area contributed by atoms with Crippen molar-refractivity contribution in [2.75, 3.05) is 5.32 Å². The number of nitrogens with one attached hydrogen (secondary N) is 1. The summed E-state index contributed by atoms with van der Waals surface area (Å²) in [5, 5.41) is 23.1. The van der Waals surface area contributed by atoms with Gasteiger partial charge < -0.3 is 14.8 Å². The largest absolute Gasteiger partial charge is 0.391 e. The highest BCUT2D eigenvalue weighted by atomic mass is 16.3. The molecule has 0 aliphatic heterocycles. The zero-order valence-corrected chi connectivity index (χ0v) is 14.1. The van der Waals surface area contributed by atoms with Crippen molar-refractivity contribution in [1.82, 2.24) is 9.38 Å². The second kappa shape index (κ2) is 6.23. The lowest BCUT2D eigenvalue weighted by Crippen LogP contribution is -2.30. The Balaban J connectivity index is 1.77. The summed E-state index contributed by atoms with van der Waals surface area (Å²) in [7, 11) is 0. The quantitative estimate of drug-likeness (QED) is 0.773. The van der Waals surface area contributed by atoms with E-state index in [1.54, 1.807) is 0 Å². The molecular weight excluding hydrogens is 312 g/mol. The summed E-state index contributed by atoms with van der Waals surface area (Å²) in [5.74, 6) is 0. The summed E-state index contributed by atoms with van der Waals surface area (Å²) < 4.78 is 1.96. The molecule has 0 spiro atoms. The van der Waals surface area contributed by atoms with E-state index < -0.39 is 6.10 Å². The van der Waals surface area contributed by atoms with E-state index in [0.717, 1.165) is 41.1 Å². The molecule has 126 valence electrons. The number of benzene rings is 1. The van der Waals surface area contributed by atoms with Crippen LogP contribution in [0.1, 0.15) is 35.0 Å². The Morgan fingerprint density at radius 2 is 2.16 bits per heavy atom. The number of pyridine rings is 1. The zero-order chi connectivity index (χ0) is 17.4. The number of nitrogens with zero attached hydrogens (tertiary/aromatic N) is 3. The average Bonchev–Trinajstić information content (AvgIpc) is 2.95. The highest BCUT2D eigenvalue weighted by Gasteiger charge is 2.28. The maximum Gasteiger partial charge on any atom is 0.160 e. The van der Waals surface area contributed by atoms with E-state index >= 15 is 0 Å². The standard InChI is InChI=1S/C20H20N4O/c1-13-17(10-11-21)24-12-4-7-16(20(24)22-13)23-19-15-6-3-2-5-14(15)8-9-18(19)25/h2-7,12,18-19,23,25H,8-10H2,1H3. The average molecular weight is 332 g/mol. The Kier molecular flexibility index (Phi) is 3.90. The summed E-state index contributed by atoms with van der Waals surface area (Å²) in [5.41, 5.74) is 5.85. The van der Waals surface area contributed by atoms with Gasteiger partial charge in [0.05, 0.1) is 41.7 Å². The first-order chi connectivity index (χ1) is 12.2. The van der Waals surface area contributed by atoms with Gasteiger partial charge in [-0.15, -0.1) is 0 Å². The van der Waals surface area contributed by atoms with E-state index in [0.29, 0.717) is 6.42 Å². The highest BCUT2D eigenvalue weighted by molar-refractivity contribution is 5.69. The molecule has 25 heavy (non-hydrogen) atoms. The molecule has 5 nitrogen and oxygen atoms in total. The van der Waals surface area contributed by atoms with Crippen LogP contribution in [0, 0.1) is 18.3 Å². The number of imidazole rings is 1. The Hall–Kier alpha value is -2.84. The maximum atomic E-state index is 10.6. The van der Waals surface area contributed by atoms with Crippen LogP contribution >= 0.6 is 0 Å². The maximum absolute atomic E-state index is 10.6. The number of aromatic nitrogens is 2. The molecule has 4 rings (SSSR count). The van der Waals surface area contributed by atoms with E-state index in [-0.39, 0.29) is 6.04 Å². The molecular formula is C20H20N4O. The van der Waals surface area contributed by atoms with Crippen LogP contribution in [-0.2, 0) is 12.8 Å². The van der Waals surface area contributed by atoms with Gasteiger partial charge in [-0.2, -0.15) is 5.26 Å². The zero-order valence-electron chi connectivity index (χ0n) is 14.1. The Morgan fingerprint density at radius 3 is 3.00 bits per heavy atom. The van der Waals surface area contributed by atoms with Crippen molar-refractivity contribution in [1.29, 1.82) is 5.26 Å². The normalized spacial score (nSPS) is 19.4. The van der Waals surface area contributed by atoms with Crippen LogP contribution in [0.2, 0.25) is 0 Å². The molecule has 1 aliphatic rings. The Labute approximate surface area is 146 Å². The summed E-state index contributed by atoms with van der Waals surface area (Å²) in [6.07, 6.45) is 3.45. The molecule has 2 aromatic heterocycles. The number of aliphatic hydroxyl groups excluding tert-OH is 1. The molecule has 0 saturated heterocycles. The first-order valence-electron chi connectivity index (χ1n) is 8.55. The third kappa shape index (κ3) is 2.65. The summed E-state index contributed by atoms with van der Waals surface area (Å²) >= 11 is 0. The van der Waals surface area contributed by atoms with Crippen molar-refractivity contribution in [2.24, 2.45) is 0 Å². The number of hydrogen-bond acceptors (Lipinski definition) is 4.